The van der Waals surface area contributed by atoms with Gasteiger partial charge < -0.3 is 0 Å². The van der Waals surface area contributed by atoms with Crippen LogP contribution in [0.4, 0.5) is 0 Å². The molecule has 1 rings (SSSR count). The topological polar surface area (TPSA) is 3.24 Å². The Morgan fingerprint density at radius 1 is 0.897 bits per heavy atom. The van der Waals surface area contributed by atoms with E-state index < -0.39 is 0 Å². The number of rotatable bonds is 17. The predicted molar refractivity (Wildman–Crippen MR) is 133 cm³/mol. The average molecular weight is 404 g/mol. The number of nitrogens with zero attached hydrogens (tertiary/aromatic N) is 1. The first-order chi connectivity index (χ1) is 14.1. The van der Waals surface area contributed by atoms with Crippen LogP contribution in [0.25, 0.3) is 0 Å². The third-order valence-electron chi connectivity index (χ3n) is 7.13. The Morgan fingerprint density at radius 2 is 1.52 bits per heavy atom. The quantitative estimate of drug-likeness (QED) is 0.173. The minimum absolute atomic E-state index is 0.636. The van der Waals surface area contributed by atoms with Gasteiger partial charge in [-0.25, -0.2) is 0 Å². The molecule has 1 aliphatic carbocycles. The summed E-state index contributed by atoms with van der Waals surface area (Å²) in [5, 5.41) is 0. The molecule has 29 heavy (non-hydrogen) atoms. The van der Waals surface area contributed by atoms with Crippen LogP contribution >= 0.6 is 0 Å². The zero-order valence-corrected chi connectivity index (χ0v) is 20.6. The summed E-state index contributed by atoms with van der Waals surface area (Å²) < 4.78 is 0. The van der Waals surface area contributed by atoms with Gasteiger partial charge in [0.15, 0.2) is 0 Å². The van der Waals surface area contributed by atoms with Crippen LogP contribution in [0.15, 0.2) is 23.8 Å². The molecule has 1 heteroatoms. The summed E-state index contributed by atoms with van der Waals surface area (Å²) in [6, 6.07) is 0.817. The number of hydrogen-bond donors (Lipinski definition) is 0. The molecule has 0 spiro atoms. The second kappa shape index (κ2) is 17.2. The molecule has 0 N–H and O–H groups in total. The van der Waals surface area contributed by atoms with Gasteiger partial charge in [-0.3, -0.25) is 4.90 Å². The van der Waals surface area contributed by atoms with Crippen molar-refractivity contribution < 1.29 is 0 Å². The summed E-state index contributed by atoms with van der Waals surface area (Å²) in [4.78, 5) is 2.86. The Labute approximate surface area is 184 Å². The van der Waals surface area contributed by atoms with Crippen LogP contribution in [0.2, 0.25) is 0 Å². The molecule has 0 aromatic rings. The molecule has 0 heterocycles. The lowest BCUT2D eigenvalue weighted by molar-refractivity contribution is 0.143. The lowest BCUT2D eigenvalue weighted by atomic mass is 9.91. The number of unbranched alkanes of at least 4 members (excludes halogenated alkanes) is 6. The lowest BCUT2D eigenvalue weighted by Gasteiger charge is -2.36. The van der Waals surface area contributed by atoms with Crippen LogP contribution in [0, 0.1) is 5.92 Å². The van der Waals surface area contributed by atoms with E-state index in [0.717, 1.165) is 6.04 Å². The second-order valence-electron chi connectivity index (χ2n) is 9.66. The van der Waals surface area contributed by atoms with E-state index in [1.54, 1.807) is 5.57 Å². The molecule has 170 valence electrons. The maximum atomic E-state index is 4.48. The Balaban J connectivity index is 2.53. The van der Waals surface area contributed by atoms with Crippen molar-refractivity contribution in [2.24, 2.45) is 5.92 Å². The lowest BCUT2D eigenvalue weighted by Crippen LogP contribution is -2.40. The van der Waals surface area contributed by atoms with E-state index in [9.17, 15) is 0 Å². The van der Waals surface area contributed by atoms with Crippen molar-refractivity contribution in [1.82, 2.24) is 4.90 Å². The summed E-state index contributed by atoms with van der Waals surface area (Å²) in [5.74, 6) is 0.636. The van der Waals surface area contributed by atoms with E-state index in [1.807, 2.05) is 0 Å². The zero-order chi connectivity index (χ0) is 21.3. The summed E-state index contributed by atoms with van der Waals surface area (Å²) >= 11 is 0. The van der Waals surface area contributed by atoms with Crippen molar-refractivity contribution in [3.63, 3.8) is 0 Å². The molecule has 0 aliphatic heterocycles. The third-order valence-corrected chi connectivity index (χ3v) is 7.13. The van der Waals surface area contributed by atoms with Gasteiger partial charge in [-0.15, -0.1) is 0 Å². The van der Waals surface area contributed by atoms with E-state index in [2.05, 4.69) is 45.2 Å². The molecule has 1 unspecified atom stereocenters. The second-order valence-corrected chi connectivity index (χ2v) is 9.66. The van der Waals surface area contributed by atoms with Crippen molar-refractivity contribution in [3.8, 4) is 0 Å². The smallest absolute Gasteiger partial charge is 0.00956 e. The van der Waals surface area contributed by atoms with Crippen molar-refractivity contribution >= 4 is 0 Å². The maximum Gasteiger partial charge on any atom is 0.00956 e. The van der Waals surface area contributed by atoms with Gasteiger partial charge in [0.25, 0.3) is 0 Å². The SMILES string of the molecule is C=C(CCCCCC)C(C)CN(CC/C(=C/C)CCCCCC)C1CCCCC1. The predicted octanol–water partition coefficient (Wildman–Crippen LogP) is 9.09. The van der Waals surface area contributed by atoms with Gasteiger partial charge >= 0.3 is 0 Å². The molecular weight excluding hydrogens is 350 g/mol. The fourth-order valence-electron chi connectivity index (χ4n) is 4.85. The van der Waals surface area contributed by atoms with Crippen LogP contribution < -0.4 is 0 Å². The van der Waals surface area contributed by atoms with Crippen LogP contribution in [0.3, 0.4) is 0 Å². The van der Waals surface area contributed by atoms with E-state index in [4.69, 9.17) is 0 Å². The standard InChI is InChI=1S/C28H53N/c1-6-9-11-14-18-25(4)26(5)24-29(28-20-16-13-17-21-28)23-22-27(8-3)19-15-12-10-7-2/h8,26,28H,4,6-7,9-24H2,1-3,5H3/b27-8+. The van der Waals surface area contributed by atoms with Crippen LogP contribution in [0.5, 0.6) is 0 Å². The minimum atomic E-state index is 0.636. The summed E-state index contributed by atoms with van der Waals surface area (Å²) in [6.07, 6.45) is 24.3. The number of allylic oxidation sites excluding steroid dienone is 1. The van der Waals surface area contributed by atoms with Crippen molar-refractivity contribution in [1.29, 1.82) is 0 Å². The first kappa shape index (κ1) is 26.5. The molecular formula is C28H53N. The highest BCUT2D eigenvalue weighted by Gasteiger charge is 2.23. The Morgan fingerprint density at radius 3 is 2.10 bits per heavy atom. The molecule has 0 aromatic carbocycles. The Kier molecular flexibility index (Phi) is 15.7. The van der Waals surface area contributed by atoms with E-state index in [1.165, 1.54) is 121 Å². The third kappa shape index (κ3) is 12.0. The fraction of sp³-hybridized carbons (Fsp3) is 0.857. The average Bonchev–Trinajstić information content (AvgIpc) is 2.75. The van der Waals surface area contributed by atoms with E-state index in [-0.39, 0.29) is 0 Å². The van der Waals surface area contributed by atoms with Crippen molar-refractivity contribution in [2.45, 2.75) is 136 Å². The molecule has 1 fully saturated rings. The summed E-state index contributed by atoms with van der Waals surface area (Å²) in [6.45, 7) is 16.2. The molecule has 0 saturated heterocycles. The van der Waals surface area contributed by atoms with Gasteiger partial charge in [0.2, 0.25) is 0 Å². The molecule has 0 aromatic heterocycles. The largest absolute Gasteiger partial charge is 0.299 e. The summed E-state index contributed by atoms with van der Waals surface area (Å²) in [7, 11) is 0. The Bertz CT molecular complexity index is 430. The van der Waals surface area contributed by atoms with Gasteiger partial charge in [0.05, 0.1) is 0 Å². The Hall–Kier alpha value is -0.560. The first-order valence-corrected chi connectivity index (χ1v) is 13.2. The van der Waals surface area contributed by atoms with Crippen molar-refractivity contribution in [2.75, 3.05) is 13.1 Å². The molecule has 1 saturated carbocycles. The van der Waals surface area contributed by atoms with Gasteiger partial charge in [-0.05, 0) is 57.8 Å². The highest BCUT2D eigenvalue weighted by atomic mass is 15.2. The van der Waals surface area contributed by atoms with E-state index in [0.29, 0.717) is 5.92 Å². The molecule has 0 bridgehead atoms. The molecule has 1 nitrogen and oxygen atoms in total. The first-order valence-electron chi connectivity index (χ1n) is 13.2. The highest BCUT2D eigenvalue weighted by Crippen LogP contribution is 2.27. The van der Waals surface area contributed by atoms with Crippen LogP contribution in [-0.4, -0.2) is 24.0 Å². The van der Waals surface area contributed by atoms with Gasteiger partial charge in [-0.2, -0.15) is 0 Å². The molecule has 0 amide bonds. The molecule has 1 aliphatic rings. The van der Waals surface area contributed by atoms with Gasteiger partial charge in [-0.1, -0.05) is 102 Å². The highest BCUT2D eigenvalue weighted by molar-refractivity contribution is 5.03. The minimum Gasteiger partial charge on any atom is -0.299 e. The normalized spacial score (nSPS) is 17.1. The summed E-state index contributed by atoms with van der Waals surface area (Å²) in [5.41, 5.74) is 3.18. The van der Waals surface area contributed by atoms with Crippen molar-refractivity contribution in [3.05, 3.63) is 23.8 Å². The van der Waals surface area contributed by atoms with Crippen LogP contribution in [-0.2, 0) is 0 Å². The van der Waals surface area contributed by atoms with E-state index >= 15 is 0 Å². The van der Waals surface area contributed by atoms with Gasteiger partial charge in [0.1, 0.15) is 0 Å². The molecule has 0 radical (unpaired) electrons. The maximum absolute atomic E-state index is 4.48. The fourth-order valence-corrected chi connectivity index (χ4v) is 4.85. The molecule has 1 atom stereocenters. The van der Waals surface area contributed by atoms with Crippen LogP contribution in [0.1, 0.15) is 130 Å². The number of hydrogen-bond acceptors (Lipinski definition) is 1. The monoisotopic (exact) mass is 403 g/mol. The van der Waals surface area contributed by atoms with Gasteiger partial charge in [0, 0.05) is 19.1 Å². The zero-order valence-electron chi connectivity index (χ0n) is 20.6.